The summed E-state index contributed by atoms with van der Waals surface area (Å²) in [5.74, 6) is -0.0332. The number of aryl methyl sites for hydroxylation is 1. The molecule has 2 aromatic carbocycles. The maximum absolute atomic E-state index is 13.0. The quantitative estimate of drug-likeness (QED) is 0.858. The van der Waals surface area contributed by atoms with E-state index in [1.165, 1.54) is 23.3 Å². The molecular weight excluding hydrogens is 315 g/mol. The zero-order valence-electron chi connectivity index (χ0n) is 14.3. The summed E-state index contributed by atoms with van der Waals surface area (Å²) < 4.78 is 13.0. The van der Waals surface area contributed by atoms with Crippen molar-refractivity contribution >= 4 is 5.91 Å². The van der Waals surface area contributed by atoms with Crippen LogP contribution in [0.3, 0.4) is 0 Å². The van der Waals surface area contributed by atoms with Crippen molar-refractivity contribution in [3.63, 3.8) is 0 Å². The molecule has 2 aliphatic rings. The van der Waals surface area contributed by atoms with Gasteiger partial charge in [-0.15, -0.1) is 0 Å². The Morgan fingerprint density at radius 1 is 1.04 bits per heavy atom. The highest BCUT2D eigenvalue weighted by Crippen LogP contribution is 2.32. The predicted octanol–water partition coefficient (Wildman–Crippen LogP) is 3.20. The fraction of sp³-hybridized carbons (Fsp3) is 0.381. The standard InChI is InChI=1S/C21H23FN2O/c22-18-8-5-16(6-9-18)7-10-21(25)24-14-13-23-12-11-17-3-1-2-4-19(17)20(23)15-24/h1-6,8-9,20H,7,10-15H2. The Kier molecular flexibility index (Phi) is 4.53. The Balaban J connectivity index is 1.41. The minimum atomic E-state index is -0.234. The topological polar surface area (TPSA) is 23.6 Å². The third-order valence-electron chi connectivity index (χ3n) is 5.47. The number of carbonyl (C=O) groups excluding carboxylic acids is 1. The molecule has 1 atom stereocenters. The summed E-state index contributed by atoms with van der Waals surface area (Å²) in [7, 11) is 0. The van der Waals surface area contributed by atoms with Crippen molar-refractivity contribution in [1.29, 1.82) is 0 Å². The van der Waals surface area contributed by atoms with Gasteiger partial charge in [0.1, 0.15) is 5.82 Å². The first-order valence-corrected chi connectivity index (χ1v) is 9.05. The van der Waals surface area contributed by atoms with E-state index in [0.717, 1.165) is 38.2 Å². The van der Waals surface area contributed by atoms with Crippen LogP contribution >= 0.6 is 0 Å². The summed E-state index contributed by atoms with van der Waals surface area (Å²) in [4.78, 5) is 17.2. The van der Waals surface area contributed by atoms with E-state index in [0.29, 0.717) is 18.9 Å². The van der Waals surface area contributed by atoms with Gasteiger partial charge in [0.05, 0.1) is 6.04 Å². The number of nitrogens with zero attached hydrogens (tertiary/aromatic N) is 2. The largest absolute Gasteiger partial charge is 0.339 e. The van der Waals surface area contributed by atoms with Gasteiger partial charge < -0.3 is 4.90 Å². The molecule has 0 aromatic heterocycles. The molecule has 4 rings (SSSR count). The molecule has 1 unspecified atom stereocenters. The average Bonchev–Trinajstić information content (AvgIpc) is 2.67. The summed E-state index contributed by atoms with van der Waals surface area (Å²) in [6.45, 7) is 3.61. The Hall–Kier alpha value is -2.20. The average molecular weight is 338 g/mol. The van der Waals surface area contributed by atoms with Gasteiger partial charge in [-0.2, -0.15) is 0 Å². The first-order valence-electron chi connectivity index (χ1n) is 9.05. The Morgan fingerprint density at radius 3 is 2.68 bits per heavy atom. The van der Waals surface area contributed by atoms with Gasteiger partial charge in [-0.25, -0.2) is 4.39 Å². The van der Waals surface area contributed by atoms with Crippen molar-refractivity contribution in [1.82, 2.24) is 9.80 Å². The number of hydrogen-bond donors (Lipinski definition) is 0. The zero-order valence-corrected chi connectivity index (χ0v) is 14.3. The lowest BCUT2D eigenvalue weighted by molar-refractivity contribution is -0.134. The van der Waals surface area contributed by atoms with E-state index in [-0.39, 0.29) is 11.7 Å². The van der Waals surface area contributed by atoms with E-state index in [2.05, 4.69) is 29.2 Å². The summed E-state index contributed by atoms with van der Waals surface area (Å²) in [6, 6.07) is 15.4. The molecule has 4 heteroatoms. The van der Waals surface area contributed by atoms with E-state index in [4.69, 9.17) is 0 Å². The molecule has 130 valence electrons. The van der Waals surface area contributed by atoms with Crippen LogP contribution in [0.25, 0.3) is 0 Å². The lowest BCUT2D eigenvalue weighted by Gasteiger charge is -2.45. The van der Waals surface area contributed by atoms with Crippen LogP contribution in [0, 0.1) is 5.82 Å². The highest BCUT2D eigenvalue weighted by Gasteiger charge is 2.33. The summed E-state index contributed by atoms with van der Waals surface area (Å²) in [5.41, 5.74) is 3.81. The van der Waals surface area contributed by atoms with Crippen molar-refractivity contribution in [2.45, 2.75) is 25.3 Å². The second kappa shape index (κ2) is 6.96. The maximum Gasteiger partial charge on any atom is 0.223 e. The minimum absolute atomic E-state index is 0.201. The third-order valence-corrected chi connectivity index (χ3v) is 5.47. The van der Waals surface area contributed by atoms with Gasteiger partial charge in [-0.1, -0.05) is 36.4 Å². The molecule has 3 nitrogen and oxygen atoms in total. The summed E-state index contributed by atoms with van der Waals surface area (Å²) in [6.07, 6.45) is 2.26. The number of hydrogen-bond acceptors (Lipinski definition) is 2. The van der Waals surface area contributed by atoms with Gasteiger partial charge in [0.15, 0.2) is 0 Å². The second-order valence-corrected chi connectivity index (χ2v) is 6.97. The summed E-state index contributed by atoms with van der Waals surface area (Å²) >= 11 is 0. The molecule has 2 heterocycles. The molecule has 1 amide bonds. The Bertz CT molecular complexity index is 759. The molecule has 0 bridgehead atoms. The fourth-order valence-electron chi connectivity index (χ4n) is 4.02. The molecule has 1 saturated heterocycles. The number of benzene rings is 2. The number of fused-ring (bicyclic) bond motifs is 3. The Morgan fingerprint density at radius 2 is 1.84 bits per heavy atom. The van der Waals surface area contributed by atoms with E-state index in [9.17, 15) is 9.18 Å². The molecule has 0 N–H and O–H groups in total. The van der Waals surface area contributed by atoms with Crippen LogP contribution < -0.4 is 0 Å². The number of rotatable bonds is 3. The number of piperazine rings is 1. The Labute approximate surface area is 148 Å². The first-order chi connectivity index (χ1) is 12.2. The number of halogens is 1. The molecule has 0 radical (unpaired) electrons. The predicted molar refractivity (Wildman–Crippen MR) is 95.8 cm³/mol. The van der Waals surface area contributed by atoms with E-state index >= 15 is 0 Å². The van der Waals surface area contributed by atoms with Gasteiger partial charge >= 0.3 is 0 Å². The van der Waals surface area contributed by atoms with Crippen LogP contribution in [0.15, 0.2) is 48.5 Å². The van der Waals surface area contributed by atoms with Gasteiger partial charge in [0.2, 0.25) is 5.91 Å². The van der Waals surface area contributed by atoms with E-state index in [1.807, 2.05) is 4.90 Å². The number of amides is 1. The highest BCUT2D eigenvalue weighted by molar-refractivity contribution is 5.76. The molecule has 2 aliphatic heterocycles. The van der Waals surface area contributed by atoms with Crippen molar-refractivity contribution in [3.8, 4) is 0 Å². The monoisotopic (exact) mass is 338 g/mol. The molecule has 1 fully saturated rings. The van der Waals surface area contributed by atoms with Crippen molar-refractivity contribution in [3.05, 3.63) is 71.0 Å². The first kappa shape index (κ1) is 16.3. The normalized spacial score (nSPS) is 20.0. The van der Waals surface area contributed by atoms with Crippen LogP contribution in [-0.2, 0) is 17.6 Å². The fourth-order valence-corrected chi connectivity index (χ4v) is 4.02. The van der Waals surface area contributed by atoms with Crippen LogP contribution in [0.5, 0.6) is 0 Å². The molecule has 0 aliphatic carbocycles. The molecule has 2 aromatic rings. The summed E-state index contributed by atoms with van der Waals surface area (Å²) in [5, 5.41) is 0. The molecule has 25 heavy (non-hydrogen) atoms. The maximum atomic E-state index is 13.0. The third kappa shape index (κ3) is 3.45. The van der Waals surface area contributed by atoms with Crippen LogP contribution in [-0.4, -0.2) is 41.9 Å². The molecule has 0 spiro atoms. The van der Waals surface area contributed by atoms with E-state index < -0.39 is 0 Å². The minimum Gasteiger partial charge on any atom is -0.339 e. The number of carbonyl (C=O) groups is 1. The lowest BCUT2D eigenvalue weighted by atomic mass is 9.91. The smallest absolute Gasteiger partial charge is 0.223 e. The van der Waals surface area contributed by atoms with Crippen LogP contribution in [0.4, 0.5) is 4.39 Å². The van der Waals surface area contributed by atoms with Crippen molar-refractivity contribution in [2.75, 3.05) is 26.2 Å². The van der Waals surface area contributed by atoms with Gasteiger partial charge in [0.25, 0.3) is 0 Å². The van der Waals surface area contributed by atoms with Crippen molar-refractivity contribution in [2.24, 2.45) is 0 Å². The molecule has 0 saturated carbocycles. The van der Waals surface area contributed by atoms with E-state index in [1.54, 1.807) is 12.1 Å². The van der Waals surface area contributed by atoms with Crippen LogP contribution in [0.1, 0.15) is 29.2 Å². The van der Waals surface area contributed by atoms with Gasteiger partial charge in [0, 0.05) is 32.6 Å². The SMILES string of the molecule is O=C(CCc1ccc(F)cc1)N1CCN2CCc3ccccc3C2C1. The van der Waals surface area contributed by atoms with Crippen molar-refractivity contribution < 1.29 is 9.18 Å². The van der Waals surface area contributed by atoms with Crippen LogP contribution in [0.2, 0.25) is 0 Å². The molecular formula is C21H23FN2O. The van der Waals surface area contributed by atoms with Gasteiger partial charge in [-0.3, -0.25) is 9.69 Å². The zero-order chi connectivity index (χ0) is 17.2. The second-order valence-electron chi connectivity index (χ2n) is 6.97. The lowest BCUT2D eigenvalue weighted by Crippen LogP contribution is -2.52. The highest BCUT2D eigenvalue weighted by atomic mass is 19.1. The van der Waals surface area contributed by atoms with Gasteiger partial charge in [-0.05, 0) is 41.7 Å².